The van der Waals surface area contributed by atoms with E-state index < -0.39 is 15.8 Å². The Hall–Kier alpha value is -0.170. The van der Waals surface area contributed by atoms with Crippen molar-refractivity contribution in [2.24, 2.45) is 0 Å². The number of hydrogen-bond donors (Lipinski definition) is 2. The summed E-state index contributed by atoms with van der Waals surface area (Å²) in [6, 6.07) is 0. The van der Waals surface area contributed by atoms with Gasteiger partial charge in [-0.2, -0.15) is 12.7 Å². The van der Waals surface area contributed by atoms with Crippen LogP contribution in [0.4, 0.5) is 0 Å². The van der Waals surface area contributed by atoms with E-state index in [9.17, 15) is 13.5 Å². The minimum atomic E-state index is -3.33. The van der Waals surface area contributed by atoms with Gasteiger partial charge in [0.2, 0.25) is 0 Å². The van der Waals surface area contributed by atoms with Gasteiger partial charge in [0.05, 0.1) is 5.60 Å². The molecule has 1 rings (SSSR count). The molecule has 0 aromatic carbocycles. The van der Waals surface area contributed by atoms with Crippen LogP contribution in [0.5, 0.6) is 0 Å². The Morgan fingerprint density at radius 3 is 2.46 bits per heavy atom. The van der Waals surface area contributed by atoms with Crippen LogP contribution in [-0.4, -0.2) is 43.1 Å². The predicted molar refractivity (Wildman–Crippen MR) is 49.4 cm³/mol. The number of rotatable bonds is 4. The molecule has 6 heteroatoms. The summed E-state index contributed by atoms with van der Waals surface area (Å²) in [7, 11) is -3.33. The Kier molecular flexibility index (Phi) is 2.96. The van der Waals surface area contributed by atoms with Gasteiger partial charge in [0.15, 0.2) is 0 Å². The van der Waals surface area contributed by atoms with E-state index in [0.717, 1.165) is 6.42 Å². The molecule has 0 aromatic heterocycles. The molecule has 0 aliphatic carbocycles. The molecule has 0 aromatic rings. The van der Waals surface area contributed by atoms with E-state index in [1.807, 2.05) is 6.92 Å². The lowest BCUT2D eigenvalue weighted by Gasteiger charge is -2.42. The lowest BCUT2D eigenvalue weighted by Crippen LogP contribution is -2.63. The molecule has 1 heterocycles. The van der Waals surface area contributed by atoms with Crippen LogP contribution in [0.25, 0.3) is 0 Å². The third-order valence-electron chi connectivity index (χ3n) is 1.91. The third kappa shape index (κ3) is 2.63. The molecule has 78 valence electrons. The minimum Gasteiger partial charge on any atom is -0.387 e. The van der Waals surface area contributed by atoms with Gasteiger partial charge in [0, 0.05) is 19.6 Å². The first-order chi connectivity index (χ1) is 5.87. The smallest absolute Gasteiger partial charge is 0.279 e. The third-order valence-corrected chi connectivity index (χ3v) is 3.42. The number of nitrogens with zero attached hydrogens (tertiary/aromatic N) is 1. The summed E-state index contributed by atoms with van der Waals surface area (Å²) >= 11 is 0. The first kappa shape index (κ1) is 10.9. The molecule has 13 heavy (non-hydrogen) atoms. The van der Waals surface area contributed by atoms with E-state index in [1.165, 1.54) is 4.31 Å². The van der Waals surface area contributed by atoms with Gasteiger partial charge in [-0.3, -0.25) is 0 Å². The van der Waals surface area contributed by atoms with Gasteiger partial charge in [-0.1, -0.05) is 6.92 Å². The van der Waals surface area contributed by atoms with E-state index in [-0.39, 0.29) is 13.1 Å². The van der Waals surface area contributed by atoms with Crippen molar-refractivity contribution in [3.8, 4) is 0 Å². The second kappa shape index (κ2) is 3.53. The predicted octanol–water partition coefficient (Wildman–Crippen LogP) is -0.703. The van der Waals surface area contributed by atoms with Crippen molar-refractivity contribution in [2.45, 2.75) is 25.9 Å². The van der Waals surface area contributed by atoms with E-state index in [2.05, 4.69) is 4.72 Å². The van der Waals surface area contributed by atoms with Crippen LogP contribution in [-0.2, 0) is 10.2 Å². The standard InChI is InChI=1S/C7H16N2O3S/c1-3-4-8-13(11,12)9-5-7(2,10)6-9/h8,10H,3-6H2,1-2H3. The van der Waals surface area contributed by atoms with Gasteiger partial charge in [-0.25, -0.2) is 4.72 Å². The van der Waals surface area contributed by atoms with Gasteiger partial charge >= 0.3 is 0 Å². The summed E-state index contributed by atoms with van der Waals surface area (Å²) in [5.74, 6) is 0. The van der Waals surface area contributed by atoms with E-state index in [1.54, 1.807) is 6.92 Å². The Labute approximate surface area is 78.9 Å². The Bertz CT molecular complexity index is 265. The molecule has 0 radical (unpaired) electrons. The Morgan fingerprint density at radius 2 is 2.08 bits per heavy atom. The highest BCUT2D eigenvalue weighted by Gasteiger charge is 2.42. The van der Waals surface area contributed by atoms with Crippen LogP contribution >= 0.6 is 0 Å². The summed E-state index contributed by atoms with van der Waals surface area (Å²) in [4.78, 5) is 0. The van der Waals surface area contributed by atoms with Crippen LogP contribution in [0.1, 0.15) is 20.3 Å². The second-order valence-corrected chi connectivity index (χ2v) is 5.42. The summed E-state index contributed by atoms with van der Waals surface area (Å²) in [6.45, 7) is 4.34. The summed E-state index contributed by atoms with van der Waals surface area (Å²) in [5, 5.41) is 9.34. The maximum Gasteiger partial charge on any atom is 0.279 e. The van der Waals surface area contributed by atoms with Crippen molar-refractivity contribution in [1.29, 1.82) is 0 Å². The zero-order chi connectivity index (χ0) is 10.1. The molecule has 5 nitrogen and oxygen atoms in total. The first-order valence-electron chi connectivity index (χ1n) is 4.34. The molecule has 1 aliphatic heterocycles. The Morgan fingerprint density at radius 1 is 1.54 bits per heavy atom. The van der Waals surface area contributed by atoms with Crippen molar-refractivity contribution in [1.82, 2.24) is 9.03 Å². The van der Waals surface area contributed by atoms with E-state index in [4.69, 9.17) is 0 Å². The molecular formula is C7H16N2O3S. The van der Waals surface area contributed by atoms with E-state index >= 15 is 0 Å². The van der Waals surface area contributed by atoms with Gasteiger partial charge in [0.25, 0.3) is 10.2 Å². The molecule has 2 N–H and O–H groups in total. The van der Waals surface area contributed by atoms with Crippen LogP contribution in [0.3, 0.4) is 0 Å². The zero-order valence-electron chi connectivity index (χ0n) is 7.95. The molecule has 0 bridgehead atoms. The van der Waals surface area contributed by atoms with Crippen molar-refractivity contribution in [3.05, 3.63) is 0 Å². The molecule has 0 spiro atoms. The highest BCUT2D eigenvalue weighted by atomic mass is 32.2. The van der Waals surface area contributed by atoms with Crippen molar-refractivity contribution in [3.63, 3.8) is 0 Å². The summed E-state index contributed by atoms with van der Waals surface area (Å²) in [6.07, 6.45) is 0.767. The van der Waals surface area contributed by atoms with Gasteiger partial charge in [-0.05, 0) is 13.3 Å². The average molecular weight is 208 g/mol. The average Bonchev–Trinajstić information content (AvgIpc) is 1.96. The quantitative estimate of drug-likeness (QED) is 0.641. The van der Waals surface area contributed by atoms with Crippen LogP contribution in [0.2, 0.25) is 0 Å². The highest BCUT2D eigenvalue weighted by Crippen LogP contribution is 2.21. The number of nitrogens with one attached hydrogen (secondary N) is 1. The molecule has 1 saturated heterocycles. The van der Waals surface area contributed by atoms with E-state index in [0.29, 0.717) is 6.54 Å². The molecule has 0 atom stereocenters. The maximum absolute atomic E-state index is 11.4. The number of hydrogen-bond acceptors (Lipinski definition) is 3. The second-order valence-electron chi connectivity index (χ2n) is 3.66. The molecule has 0 saturated carbocycles. The molecule has 1 aliphatic rings. The fourth-order valence-corrected chi connectivity index (χ4v) is 2.75. The molecule has 0 unspecified atom stereocenters. The zero-order valence-corrected chi connectivity index (χ0v) is 8.76. The molecular weight excluding hydrogens is 192 g/mol. The fourth-order valence-electron chi connectivity index (χ4n) is 1.21. The van der Waals surface area contributed by atoms with Crippen LogP contribution in [0.15, 0.2) is 0 Å². The van der Waals surface area contributed by atoms with Crippen molar-refractivity contribution >= 4 is 10.2 Å². The normalized spacial score (nSPS) is 22.7. The van der Waals surface area contributed by atoms with Gasteiger partial charge in [0.1, 0.15) is 0 Å². The van der Waals surface area contributed by atoms with Crippen LogP contribution < -0.4 is 4.72 Å². The van der Waals surface area contributed by atoms with Crippen LogP contribution in [0, 0.1) is 0 Å². The summed E-state index contributed by atoms with van der Waals surface area (Å²) < 4.78 is 26.4. The summed E-state index contributed by atoms with van der Waals surface area (Å²) in [5.41, 5.74) is -0.846. The minimum absolute atomic E-state index is 0.187. The topological polar surface area (TPSA) is 69.6 Å². The highest BCUT2D eigenvalue weighted by molar-refractivity contribution is 7.87. The van der Waals surface area contributed by atoms with Gasteiger partial charge < -0.3 is 5.11 Å². The monoisotopic (exact) mass is 208 g/mol. The van der Waals surface area contributed by atoms with Crippen molar-refractivity contribution < 1.29 is 13.5 Å². The number of aliphatic hydroxyl groups is 1. The lowest BCUT2D eigenvalue weighted by atomic mass is 10.0. The molecule has 0 amide bonds. The van der Waals surface area contributed by atoms with Gasteiger partial charge in [-0.15, -0.1) is 0 Å². The fraction of sp³-hybridized carbons (Fsp3) is 1.00. The lowest BCUT2D eigenvalue weighted by molar-refractivity contribution is -0.0431. The molecule has 1 fully saturated rings. The number of β-amino-alcohol motifs (C(OH)–C–C–N with tert-alkyl or cyclic N) is 1. The van der Waals surface area contributed by atoms with Crippen molar-refractivity contribution in [2.75, 3.05) is 19.6 Å². The first-order valence-corrected chi connectivity index (χ1v) is 5.78. The maximum atomic E-state index is 11.4. The Balaban J connectivity index is 2.45. The largest absolute Gasteiger partial charge is 0.387 e. The SMILES string of the molecule is CCCNS(=O)(=O)N1CC(C)(O)C1.